The highest BCUT2D eigenvalue weighted by Crippen LogP contribution is 2.39. The Balaban J connectivity index is 1.58. The van der Waals surface area contributed by atoms with Gasteiger partial charge in [0.2, 0.25) is 5.91 Å². The Morgan fingerprint density at radius 2 is 2.03 bits per heavy atom. The number of H-pyrrole nitrogens is 1. The Morgan fingerprint density at radius 3 is 2.83 bits per heavy atom. The highest BCUT2D eigenvalue weighted by atomic mass is 19.3. The summed E-state index contributed by atoms with van der Waals surface area (Å²) in [5.74, 6) is 1.15. The third-order valence-corrected chi connectivity index (χ3v) is 4.96. The van der Waals surface area contributed by atoms with Crippen LogP contribution in [0.4, 0.5) is 14.6 Å². The number of alkyl halides is 2. The predicted octanol–water partition coefficient (Wildman–Crippen LogP) is 4.41. The monoisotopic (exact) mass is 399 g/mol. The molecule has 1 aromatic heterocycles. The molecule has 29 heavy (non-hydrogen) atoms. The third-order valence-electron chi connectivity index (χ3n) is 4.96. The molecule has 1 aliphatic heterocycles. The van der Waals surface area contributed by atoms with Crippen molar-refractivity contribution >= 4 is 11.7 Å². The lowest BCUT2D eigenvalue weighted by atomic mass is 9.87. The van der Waals surface area contributed by atoms with Crippen molar-refractivity contribution in [1.29, 1.82) is 0 Å². The Kier molecular flexibility index (Phi) is 5.16. The Morgan fingerprint density at radius 1 is 1.21 bits per heavy atom. The highest BCUT2D eigenvalue weighted by Gasteiger charge is 2.29. The molecule has 2 heterocycles. The smallest absolute Gasteiger partial charge is 0.264 e. The zero-order chi connectivity index (χ0) is 20.4. The van der Waals surface area contributed by atoms with Crippen molar-refractivity contribution in [2.45, 2.75) is 25.4 Å². The summed E-state index contributed by atoms with van der Waals surface area (Å²) in [6, 6.07) is 11.6. The number of carbonyl (C=O) groups excluding carboxylic acids is 1. The molecule has 1 atom stereocenters. The summed E-state index contributed by atoms with van der Waals surface area (Å²) in [6.07, 6.45) is -0.518. The zero-order valence-corrected chi connectivity index (χ0v) is 15.6. The number of halogens is 2. The number of amides is 1. The molecule has 3 aromatic rings. The molecule has 1 amide bonds. The number of benzene rings is 2. The lowest BCUT2D eigenvalue weighted by molar-refractivity contribution is -0.116. The van der Waals surface area contributed by atoms with Gasteiger partial charge < -0.3 is 14.8 Å². The first kappa shape index (κ1) is 18.9. The van der Waals surface area contributed by atoms with E-state index in [1.54, 1.807) is 36.5 Å². The second kappa shape index (κ2) is 7.90. The van der Waals surface area contributed by atoms with Crippen molar-refractivity contribution in [2.75, 3.05) is 12.4 Å². The van der Waals surface area contributed by atoms with Gasteiger partial charge in [-0.15, -0.1) is 0 Å². The minimum Gasteiger partial charge on any atom is -0.493 e. The maximum absolute atomic E-state index is 13.2. The largest absolute Gasteiger partial charge is 0.493 e. The number of hydrogen-bond acceptors (Lipinski definition) is 4. The molecule has 2 aromatic carbocycles. The molecule has 0 bridgehead atoms. The van der Waals surface area contributed by atoms with E-state index in [2.05, 4.69) is 15.5 Å². The van der Waals surface area contributed by atoms with Crippen LogP contribution in [-0.4, -0.2) is 23.2 Å². The fraction of sp³-hybridized carbons (Fsp3) is 0.238. The molecular formula is C21H19F2N3O3. The number of nitrogens with zero attached hydrogens (tertiary/aromatic N) is 1. The van der Waals surface area contributed by atoms with Crippen LogP contribution in [0, 0.1) is 0 Å². The van der Waals surface area contributed by atoms with Crippen LogP contribution in [0.25, 0.3) is 0 Å². The van der Waals surface area contributed by atoms with Gasteiger partial charge in [-0.2, -0.15) is 5.10 Å². The van der Waals surface area contributed by atoms with E-state index in [1.807, 2.05) is 6.07 Å². The van der Waals surface area contributed by atoms with Gasteiger partial charge in [0, 0.05) is 29.7 Å². The highest BCUT2D eigenvalue weighted by molar-refractivity contribution is 5.94. The van der Waals surface area contributed by atoms with Gasteiger partial charge in [-0.05, 0) is 23.3 Å². The third kappa shape index (κ3) is 3.78. The van der Waals surface area contributed by atoms with Gasteiger partial charge >= 0.3 is 0 Å². The number of nitrogens with one attached hydrogen (secondary N) is 2. The predicted molar refractivity (Wildman–Crippen MR) is 102 cm³/mol. The summed E-state index contributed by atoms with van der Waals surface area (Å²) >= 11 is 0. The molecule has 0 spiro atoms. The number of rotatable bonds is 6. The molecular weight excluding hydrogens is 380 g/mol. The van der Waals surface area contributed by atoms with Gasteiger partial charge in [-0.3, -0.25) is 9.89 Å². The molecule has 0 fully saturated rings. The minimum atomic E-state index is -2.57. The van der Waals surface area contributed by atoms with E-state index in [9.17, 15) is 13.6 Å². The average Bonchev–Trinajstić information content (AvgIpc) is 3.20. The van der Waals surface area contributed by atoms with Crippen molar-refractivity contribution in [3.63, 3.8) is 0 Å². The number of carbonyl (C=O) groups is 1. The van der Waals surface area contributed by atoms with Crippen molar-refractivity contribution in [2.24, 2.45) is 0 Å². The topological polar surface area (TPSA) is 76.2 Å². The van der Waals surface area contributed by atoms with E-state index in [0.717, 1.165) is 11.1 Å². The summed E-state index contributed by atoms with van der Waals surface area (Å²) in [5.41, 5.74) is 2.13. The lowest BCUT2D eigenvalue weighted by Gasteiger charge is -2.23. The average molecular weight is 399 g/mol. The van der Waals surface area contributed by atoms with Crippen LogP contribution in [0.1, 0.15) is 41.0 Å². The van der Waals surface area contributed by atoms with Crippen LogP contribution in [0.5, 0.6) is 11.5 Å². The molecule has 2 N–H and O–H groups in total. The SMILES string of the molecule is COc1cc(C2CC(=O)Nc3n[nH]cc32)ccc1OCc1ccccc1C(F)F. The number of ether oxygens (including phenoxy) is 2. The Bertz CT molecular complexity index is 1040. The first-order chi connectivity index (χ1) is 14.1. The van der Waals surface area contributed by atoms with E-state index >= 15 is 0 Å². The molecule has 0 radical (unpaired) electrons. The summed E-state index contributed by atoms with van der Waals surface area (Å²) in [6.45, 7) is -0.00602. The maximum atomic E-state index is 13.2. The normalized spacial score (nSPS) is 15.7. The standard InChI is InChI=1S/C21H19F2N3O3/c1-28-18-8-12(15-9-19(27)25-21-16(15)10-24-26-21)6-7-17(18)29-11-13-4-2-3-5-14(13)20(22)23/h2-8,10,15,20H,9,11H2,1H3,(H2,24,25,26,27). The molecule has 6 nitrogen and oxygen atoms in total. The number of aromatic amines is 1. The molecule has 0 aliphatic carbocycles. The first-order valence-corrected chi connectivity index (χ1v) is 9.07. The van der Waals surface area contributed by atoms with Gasteiger partial charge in [0.1, 0.15) is 6.61 Å². The summed E-state index contributed by atoms with van der Waals surface area (Å²) in [7, 11) is 1.51. The Labute approximate surface area is 165 Å². The van der Waals surface area contributed by atoms with Gasteiger partial charge in [0.25, 0.3) is 6.43 Å². The number of aromatic nitrogens is 2. The molecule has 0 saturated heterocycles. The molecule has 0 saturated carbocycles. The molecule has 1 aliphatic rings. The second-order valence-corrected chi connectivity index (χ2v) is 6.69. The van der Waals surface area contributed by atoms with Crippen molar-refractivity contribution in [1.82, 2.24) is 10.2 Å². The van der Waals surface area contributed by atoms with Crippen LogP contribution in [0.2, 0.25) is 0 Å². The quantitative estimate of drug-likeness (QED) is 0.644. The van der Waals surface area contributed by atoms with Gasteiger partial charge in [-0.1, -0.05) is 30.3 Å². The lowest BCUT2D eigenvalue weighted by Crippen LogP contribution is -2.23. The van der Waals surface area contributed by atoms with Crippen molar-refractivity contribution < 1.29 is 23.0 Å². The van der Waals surface area contributed by atoms with E-state index in [-0.39, 0.29) is 30.4 Å². The zero-order valence-electron chi connectivity index (χ0n) is 15.6. The summed E-state index contributed by atoms with van der Waals surface area (Å²) in [4.78, 5) is 12.0. The van der Waals surface area contributed by atoms with Gasteiger partial charge in [0.15, 0.2) is 17.3 Å². The van der Waals surface area contributed by atoms with Gasteiger partial charge in [-0.25, -0.2) is 8.78 Å². The van der Waals surface area contributed by atoms with Crippen LogP contribution < -0.4 is 14.8 Å². The Hall–Kier alpha value is -3.42. The van der Waals surface area contributed by atoms with Crippen molar-refractivity contribution in [3.8, 4) is 11.5 Å². The van der Waals surface area contributed by atoms with E-state index in [1.165, 1.54) is 13.2 Å². The van der Waals surface area contributed by atoms with Crippen LogP contribution >= 0.6 is 0 Å². The van der Waals surface area contributed by atoms with Gasteiger partial charge in [0.05, 0.1) is 7.11 Å². The molecule has 4 rings (SSSR count). The fourth-order valence-electron chi connectivity index (χ4n) is 3.50. The second-order valence-electron chi connectivity index (χ2n) is 6.69. The van der Waals surface area contributed by atoms with E-state index in [0.29, 0.717) is 22.9 Å². The minimum absolute atomic E-state index is 0.00602. The van der Waals surface area contributed by atoms with Crippen LogP contribution in [-0.2, 0) is 11.4 Å². The van der Waals surface area contributed by atoms with Crippen molar-refractivity contribution in [3.05, 3.63) is 70.9 Å². The molecule has 150 valence electrons. The first-order valence-electron chi connectivity index (χ1n) is 9.07. The molecule has 1 unspecified atom stereocenters. The number of fused-ring (bicyclic) bond motifs is 1. The van der Waals surface area contributed by atoms with E-state index in [4.69, 9.17) is 9.47 Å². The number of anilines is 1. The van der Waals surface area contributed by atoms with Crippen LogP contribution in [0.3, 0.4) is 0 Å². The van der Waals surface area contributed by atoms with E-state index < -0.39 is 6.43 Å². The van der Waals surface area contributed by atoms with Crippen LogP contribution in [0.15, 0.2) is 48.7 Å². The number of hydrogen-bond donors (Lipinski definition) is 2. The summed E-state index contributed by atoms with van der Waals surface area (Å²) < 4.78 is 37.5. The maximum Gasteiger partial charge on any atom is 0.264 e. The molecule has 8 heteroatoms. The fourth-order valence-corrected chi connectivity index (χ4v) is 3.50. The number of methoxy groups -OCH3 is 1. The summed E-state index contributed by atoms with van der Waals surface area (Å²) in [5, 5.41) is 9.56.